The Hall–Kier alpha value is -2.03. The highest BCUT2D eigenvalue weighted by Crippen LogP contribution is 2.26. The largest absolute Gasteiger partial charge is 0.486 e. The molecule has 0 spiro atoms. The first-order chi connectivity index (χ1) is 14.0. The summed E-state index contributed by atoms with van der Waals surface area (Å²) in [4.78, 5) is 12.2. The molecule has 3 rings (SSSR count). The Morgan fingerprint density at radius 3 is 2.69 bits per heavy atom. The molecule has 6 nitrogen and oxygen atoms in total. The number of carbonyl (C=O) groups is 1. The maximum Gasteiger partial charge on any atom is 0.234 e. The van der Waals surface area contributed by atoms with Crippen LogP contribution >= 0.6 is 39.3 Å². The number of thioether (sulfide) groups is 1. The zero-order valence-corrected chi connectivity index (χ0v) is 19.1. The highest BCUT2D eigenvalue weighted by atomic mass is 79.9. The van der Waals surface area contributed by atoms with Crippen molar-refractivity contribution in [2.45, 2.75) is 25.1 Å². The molecule has 0 aliphatic rings. The summed E-state index contributed by atoms with van der Waals surface area (Å²) in [5, 5.41) is 12.3. The van der Waals surface area contributed by atoms with Gasteiger partial charge in [0.15, 0.2) is 11.0 Å². The first-order valence-electron chi connectivity index (χ1n) is 8.94. The molecular weight excluding hydrogens is 476 g/mol. The Morgan fingerprint density at radius 2 is 2.00 bits per heavy atom. The van der Waals surface area contributed by atoms with Gasteiger partial charge < -0.3 is 14.6 Å². The number of rotatable bonds is 8. The number of halogens is 2. The van der Waals surface area contributed by atoms with Crippen LogP contribution in [0.2, 0.25) is 5.02 Å². The van der Waals surface area contributed by atoms with Crippen LogP contribution in [0.25, 0.3) is 0 Å². The van der Waals surface area contributed by atoms with Crippen molar-refractivity contribution >= 4 is 50.9 Å². The smallest absolute Gasteiger partial charge is 0.234 e. The molecule has 0 unspecified atom stereocenters. The van der Waals surface area contributed by atoms with Gasteiger partial charge in [-0.3, -0.25) is 4.79 Å². The van der Waals surface area contributed by atoms with Crippen molar-refractivity contribution in [3.05, 3.63) is 63.3 Å². The summed E-state index contributed by atoms with van der Waals surface area (Å²) in [5.74, 6) is 1.53. The minimum Gasteiger partial charge on any atom is -0.486 e. The number of amides is 1. The number of nitrogens with zero attached hydrogens (tertiary/aromatic N) is 3. The molecule has 0 atom stereocenters. The topological polar surface area (TPSA) is 69.0 Å². The van der Waals surface area contributed by atoms with Gasteiger partial charge >= 0.3 is 0 Å². The van der Waals surface area contributed by atoms with E-state index in [0.29, 0.717) is 28.3 Å². The molecule has 0 saturated carbocycles. The molecule has 29 heavy (non-hydrogen) atoms. The van der Waals surface area contributed by atoms with E-state index >= 15 is 0 Å². The molecule has 2 aromatic carbocycles. The number of anilines is 1. The molecule has 0 aliphatic carbocycles. The first kappa shape index (κ1) is 21.7. The summed E-state index contributed by atoms with van der Waals surface area (Å²) >= 11 is 10.7. The molecule has 1 amide bonds. The fourth-order valence-electron chi connectivity index (χ4n) is 2.47. The van der Waals surface area contributed by atoms with Crippen LogP contribution in [0, 0.1) is 0 Å². The van der Waals surface area contributed by atoms with E-state index in [1.54, 1.807) is 18.2 Å². The standard InChI is InChI=1S/C20H20BrClN4O2S/c1-3-13-4-7-15(8-5-13)28-11-18-24-25-20(26(18)2)29-12-19(27)23-14-6-9-16(21)17(22)10-14/h4-10H,3,11-12H2,1-2H3,(H,23,27). The van der Waals surface area contributed by atoms with Crippen LogP contribution in [0.15, 0.2) is 52.1 Å². The minimum atomic E-state index is -0.148. The molecule has 0 saturated heterocycles. The average Bonchev–Trinajstić information content (AvgIpc) is 3.07. The second kappa shape index (κ2) is 10.1. The van der Waals surface area contributed by atoms with E-state index in [2.05, 4.69) is 38.4 Å². The lowest BCUT2D eigenvalue weighted by molar-refractivity contribution is -0.113. The van der Waals surface area contributed by atoms with Crippen LogP contribution in [0.3, 0.4) is 0 Å². The van der Waals surface area contributed by atoms with Gasteiger partial charge in [0.1, 0.15) is 12.4 Å². The predicted molar refractivity (Wildman–Crippen MR) is 120 cm³/mol. The van der Waals surface area contributed by atoms with Crippen LogP contribution < -0.4 is 10.1 Å². The molecule has 0 bridgehead atoms. The Balaban J connectivity index is 1.52. The number of aryl methyl sites for hydroxylation is 1. The number of hydrogen-bond acceptors (Lipinski definition) is 5. The zero-order chi connectivity index (χ0) is 20.8. The van der Waals surface area contributed by atoms with E-state index in [1.807, 2.05) is 35.9 Å². The Kier molecular flexibility index (Phi) is 7.57. The van der Waals surface area contributed by atoms with E-state index in [4.69, 9.17) is 16.3 Å². The quantitative estimate of drug-likeness (QED) is 0.440. The van der Waals surface area contributed by atoms with E-state index in [9.17, 15) is 4.79 Å². The van der Waals surface area contributed by atoms with Gasteiger partial charge in [-0.25, -0.2) is 0 Å². The van der Waals surface area contributed by atoms with Crippen molar-refractivity contribution in [1.82, 2.24) is 14.8 Å². The predicted octanol–water partition coefficient (Wildman–Crippen LogP) is 5.10. The first-order valence-corrected chi connectivity index (χ1v) is 11.1. The fraction of sp³-hybridized carbons (Fsp3) is 0.250. The third-order valence-electron chi connectivity index (χ3n) is 4.16. The summed E-state index contributed by atoms with van der Waals surface area (Å²) in [5.41, 5.74) is 1.91. The second-order valence-corrected chi connectivity index (χ2v) is 8.41. The lowest BCUT2D eigenvalue weighted by Gasteiger charge is -2.08. The highest BCUT2D eigenvalue weighted by Gasteiger charge is 2.12. The number of benzene rings is 2. The van der Waals surface area contributed by atoms with Crippen LogP contribution in [-0.4, -0.2) is 26.4 Å². The number of ether oxygens (including phenoxy) is 1. The molecular formula is C20H20BrClN4O2S. The zero-order valence-electron chi connectivity index (χ0n) is 16.0. The normalized spacial score (nSPS) is 10.8. The van der Waals surface area contributed by atoms with E-state index in [0.717, 1.165) is 16.6 Å². The SMILES string of the molecule is CCc1ccc(OCc2nnc(SCC(=O)Nc3ccc(Br)c(Cl)c3)n2C)cc1. The average molecular weight is 496 g/mol. The second-order valence-electron chi connectivity index (χ2n) is 6.21. The van der Waals surface area contributed by atoms with E-state index in [-0.39, 0.29) is 11.7 Å². The monoisotopic (exact) mass is 494 g/mol. The van der Waals surface area contributed by atoms with Gasteiger partial charge in [0.2, 0.25) is 5.91 Å². The number of hydrogen-bond donors (Lipinski definition) is 1. The Labute approximate surface area is 187 Å². The number of carbonyl (C=O) groups excluding carboxylic acids is 1. The van der Waals surface area contributed by atoms with Crippen molar-refractivity contribution in [2.75, 3.05) is 11.1 Å². The molecule has 1 N–H and O–H groups in total. The summed E-state index contributed by atoms with van der Waals surface area (Å²) in [6.45, 7) is 2.42. The van der Waals surface area contributed by atoms with Crippen molar-refractivity contribution < 1.29 is 9.53 Å². The molecule has 0 fully saturated rings. The summed E-state index contributed by atoms with van der Waals surface area (Å²) in [6, 6.07) is 13.3. The molecule has 152 valence electrons. The van der Waals surface area contributed by atoms with Gasteiger partial charge in [-0.15, -0.1) is 10.2 Å². The van der Waals surface area contributed by atoms with Crippen LogP contribution in [0.4, 0.5) is 5.69 Å². The van der Waals surface area contributed by atoms with E-state index < -0.39 is 0 Å². The third-order valence-corrected chi connectivity index (χ3v) is 6.41. The van der Waals surface area contributed by atoms with Crippen molar-refractivity contribution in [2.24, 2.45) is 7.05 Å². The highest BCUT2D eigenvalue weighted by molar-refractivity contribution is 9.10. The van der Waals surface area contributed by atoms with Gasteiger partial charge in [0.25, 0.3) is 0 Å². The Bertz CT molecular complexity index is 995. The summed E-state index contributed by atoms with van der Waals surface area (Å²) in [7, 11) is 1.85. The Morgan fingerprint density at radius 1 is 1.24 bits per heavy atom. The number of nitrogens with one attached hydrogen (secondary N) is 1. The van der Waals surface area contributed by atoms with Crippen LogP contribution in [0.5, 0.6) is 5.75 Å². The molecule has 0 radical (unpaired) electrons. The maximum atomic E-state index is 12.2. The van der Waals surface area contributed by atoms with Gasteiger partial charge in [-0.1, -0.05) is 42.4 Å². The summed E-state index contributed by atoms with van der Waals surface area (Å²) < 4.78 is 8.39. The van der Waals surface area contributed by atoms with Gasteiger partial charge in [0.05, 0.1) is 10.8 Å². The van der Waals surface area contributed by atoms with Crippen molar-refractivity contribution in [1.29, 1.82) is 0 Å². The lowest BCUT2D eigenvalue weighted by atomic mass is 10.2. The van der Waals surface area contributed by atoms with Crippen molar-refractivity contribution in [3.63, 3.8) is 0 Å². The lowest BCUT2D eigenvalue weighted by Crippen LogP contribution is -2.14. The molecule has 1 aromatic heterocycles. The molecule has 0 aliphatic heterocycles. The molecule has 3 aromatic rings. The molecule has 9 heteroatoms. The maximum absolute atomic E-state index is 12.2. The third kappa shape index (κ3) is 5.98. The van der Waals surface area contributed by atoms with Crippen LogP contribution in [-0.2, 0) is 24.9 Å². The summed E-state index contributed by atoms with van der Waals surface area (Å²) in [6.07, 6.45) is 0.993. The van der Waals surface area contributed by atoms with Crippen molar-refractivity contribution in [3.8, 4) is 5.75 Å². The van der Waals surface area contributed by atoms with Gasteiger partial charge in [0, 0.05) is 17.2 Å². The fourth-order valence-corrected chi connectivity index (χ4v) is 3.62. The van der Waals surface area contributed by atoms with Gasteiger partial charge in [-0.2, -0.15) is 0 Å². The van der Waals surface area contributed by atoms with Crippen LogP contribution in [0.1, 0.15) is 18.3 Å². The van der Waals surface area contributed by atoms with E-state index in [1.165, 1.54) is 17.3 Å². The minimum absolute atomic E-state index is 0.148. The molecule has 1 heterocycles. The number of aromatic nitrogens is 3. The van der Waals surface area contributed by atoms with Gasteiger partial charge in [-0.05, 0) is 58.2 Å².